The van der Waals surface area contributed by atoms with Crippen LogP contribution in [0, 0.1) is 0 Å². The Hall–Kier alpha value is -3.33. The molecule has 9 nitrogen and oxygen atoms in total. The van der Waals surface area contributed by atoms with Crippen molar-refractivity contribution in [3.8, 4) is 0 Å². The Labute approximate surface area is 487 Å². The fraction of sp³-hybridized carbons (Fsp3) is 0.710. The number of allylic oxidation sites excluding steroid dienone is 17. The summed E-state index contributed by atoms with van der Waals surface area (Å²) in [6.45, 7) is 6.67. The minimum atomic E-state index is -4.72. The van der Waals surface area contributed by atoms with Gasteiger partial charge in [-0.15, -0.1) is 0 Å². The van der Waals surface area contributed by atoms with E-state index in [1.807, 2.05) is 39.4 Å². The van der Waals surface area contributed by atoms with Gasteiger partial charge in [0.1, 0.15) is 19.3 Å². The number of phosphoric acid groups is 1. The number of ether oxygens (including phenoxy) is 1. The van der Waals surface area contributed by atoms with E-state index in [0.717, 1.165) is 96.3 Å². The third-order valence-electron chi connectivity index (χ3n) is 13.7. The summed E-state index contributed by atoms with van der Waals surface area (Å²) < 4.78 is 30.3. The van der Waals surface area contributed by atoms with Gasteiger partial charge in [0, 0.05) is 12.8 Å². The molecule has 0 spiro atoms. The molecule has 0 heterocycles. The number of carbonyl (C=O) groups excluding carboxylic acids is 2. The van der Waals surface area contributed by atoms with Crippen molar-refractivity contribution in [2.24, 2.45) is 0 Å². The molecule has 79 heavy (non-hydrogen) atoms. The summed E-state index contributed by atoms with van der Waals surface area (Å²) in [5, 5.41) is 2.98. The summed E-state index contributed by atoms with van der Waals surface area (Å²) >= 11 is 0. The number of esters is 1. The predicted molar refractivity (Wildman–Crippen MR) is 339 cm³/mol. The Kier molecular flexibility index (Phi) is 55.4. The van der Waals surface area contributed by atoms with Gasteiger partial charge in [-0.2, -0.15) is 0 Å². The lowest BCUT2D eigenvalue weighted by atomic mass is 10.0. The largest absolute Gasteiger partial charge is 0.756 e. The van der Waals surface area contributed by atoms with Crippen molar-refractivity contribution in [2.75, 3.05) is 40.9 Å². The van der Waals surface area contributed by atoms with Gasteiger partial charge in [0.25, 0.3) is 7.82 Å². The molecule has 0 saturated heterocycles. The first-order valence-electron chi connectivity index (χ1n) is 32.2. The fourth-order valence-electron chi connectivity index (χ4n) is 8.75. The van der Waals surface area contributed by atoms with E-state index in [4.69, 9.17) is 13.8 Å². The number of rotatable bonds is 57. The van der Waals surface area contributed by atoms with Gasteiger partial charge < -0.3 is 28.5 Å². The third-order valence-corrected chi connectivity index (χ3v) is 14.7. The van der Waals surface area contributed by atoms with Gasteiger partial charge >= 0.3 is 5.97 Å². The molecule has 1 amide bonds. The molecule has 0 bridgehead atoms. The zero-order valence-corrected chi connectivity index (χ0v) is 52.7. The summed E-state index contributed by atoms with van der Waals surface area (Å²) in [5.74, 6) is -0.632. The maximum atomic E-state index is 13.5. The normalized spacial score (nSPS) is 14.4. The van der Waals surface area contributed by atoms with Crippen molar-refractivity contribution < 1.29 is 37.3 Å². The molecule has 0 aromatic rings. The molecule has 0 saturated carbocycles. The Bertz CT molecular complexity index is 1720. The molecule has 1 N–H and O–H groups in total. The number of likely N-dealkylation sites (N-methyl/N-ethyl adjacent to an activating group) is 1. The van der Waals surface area contributed by atoms with E-state index in [-0.39, 0.29) is 31.3 Å². The molecule has 0 aromatic heterocycles. The average Bonchev–Trinajstić information content (AvgIpc) is 3.41. The van der Waals surface area contributed by atoms with Crippen LogP contribution in [-0.2, 0) is 27.9 Å². The number of hydrogen-bond donors (Lipinski definition) is 1. The van der Waals surface area contributed by atoms with Crippen LogP contribution < -0.4 is 10.2 Å². The van der Waals surface area contributed by atoms with Gasteiger partial charge in [-0.1, -0.05) is 259 Å². The third kappa shape index (κ3) is 59.1. The predicted octanol–water partition coefficient (Wildman–Crippen LogP) is 19.5. The smallest absolute Gasteiger partial charge is 0.306 e. The topological polar surface area (TPSA) is 114 Å². The van der Waals surface area contributed by atoms with Crippen molar-refractivity contribution >= 4 is 19.7 Å². The number of hydrogen-bond acceptors (Lipinski definition) is 7. The maximum absolute atomic E-state index is 13.5. The number of nitrogens with zero attached hydrogens (tertiary/aromatic N) is 1. The van der Waals surface area contributed by atoms with Crippen molar-refractivity contribution in [1.82, 2.24) is 5.32 Å². The molecule has 3 atom stereocenters. The Morgan fingerprint density at radius 3 is 1.24 bits per heavy atom. The SMILES string of the molecule is CC/C=C\C/C=C\C/C=C\C/C=C\C/C=C\C/C=C\CCCCCCCCCCC(=O)OC(/C=C\CCCCCCCCCCCCC)C(COP(=O)([O-])OCC[N+](C)(C)C)NC(=O)CC/C=C/C/C=C\CCCCCCCC. The van der Waals surface area contributed by atoms with Gasteiger partial charge in [0.15, 0.2) is 0 Å². The van der Waals surface area contributed by atoms with Crippen LogP contribution in [0.5, 0.6) is 0 Å². The monoisotopic (exact) mass is 1120 g/mol. The molecule has 10 heteroatoms. The highest BCUT2D eigenvalue weighted by Gasteiger charge is 2.27. The van der Waals surface area contributed by atoms with Crippen molar-refractivity contribution in [3.05, 3.63) is 109 Å². The molecular formula is C69H121N2O7P. The van der Waals surface area contributed by atoms with Crippen LogP contribution in [0.3, 0.4) is 0 Å². The first kappa shape index (κ1) is 75.7. The van der Waals surface area contributed by atoms with Crippen LogP contribution in [0.15, 0.2) is 109 Å². The first-order chi connectivity index (χ1) is 38.4. The van der Waals surface area contributed by atoms with Gasteiger partial charge in [0.2, 0.25) is 5.91 Å². The van der Waals surface area contributed by atoms with Crippen molar-refractivity contribution in [1.29, 1.82) is 0 Å². The molecule has 0 aliphatic heterocycles. The first-order valence-corrected chi connectivity index (χ1v) is 33.7. The summed E-state index contributed by atoms with van der Waals surface area (Å²) in [4.78, 5) is 40.0. The van der Waals surface area contributed by atoms with E-state index >= 15 is 0 Å². The minimum absolute atomic E-state index is 0.0375. The minimum Gasteiger partial charge on any atom is -0.756 e. The maximum Gasteiger partial charge on any atom is 0.306 e. The lowest BCUT2D eigenvalue weighted by Gasteiger charge is -2.30. The van der Waals surface area contributed by atoms with Crippen LogP contribution >= 0.6 is 7.82 Å². The van der Waals surface area contributed by atoms with Gasteiger partial charge in [0.05, 0.1) is 33.8 Å². The van der Waals surface area contributed by atoms with Crippen molar-refractivity contribution in [2.45, 2.75) is 277 Å². The van der Waals surface area contributed by atoms with Crippen LogP contribution in [0.25, 0.3) is 0 Å². The Balaban J connectivity index is 5.19. The Morgan fingerprint density at radius 2 is 0.823 bits per heavy atom. The molecule has 0 fully saturated rings. The number of quaternary nitrogens is 1. The zero-order valence-electron chi connectivity index (χ0n) is 51.8. The summed E-state index contributed by atoms with van der Waals surface area (Å²) in [6, 6.07) is -0.928. The van der Waals surface area contributed by atoms with E-state index in [1.165, 1.54) is 122 Å². The lowest BCUT2D eigenvalue weighted by molar-refractivity contribution is -0.870. The molecular weight excluding hydrogens is 1000 g/mol. The van der Waals surface area contributed by atoms with E-state index in [2.05, 4.69) is 117 Å². The number of unbranched alkanes of at least 4 members (excludes halogenated alkanes) is 25. The molecule has 454 valence electrons. The zero-order chi connectivity index (χ0) is 57.9. The molecule has 0 radical (unpaired) electrons. The second kappa shape index (κ2) is 57.9. The fourth-order valence-corrected chi connectivity index (χ4v) is 9.47. The van der Waals surface area contributed by atoms with E-state index in [0.29, 0.717) is 23.9 Å². The quantitative estimate of drug-likeness (QED) is 0.0212. The highest BCUT2D eigenvalue weighted by atomic mass is 31.2. The van der Waals surface area contributed by atoms with Crippen LogP contribution in [-0.4, -0.2) is 69.4 Å². The highest BCUT2D eigenvalue weighted by Crippen LogP contribution is 2.38. The lowest BCUT2D eigenvalue weighted by Crippen LogP contribution is -2.47. The van der Waals surface area contributed by atoms with Crippen molar-refractivity contribution in [3.63, 3.8) is 0 Å². The molecule has 3 unspecified atom stereocenters. The second-order valence-corrected chi connectivity index (χ2v) is 23.9. The summed E-state index contributed by atoms with van der Waals surface area (Å²) in [5.41, 5.74) is 0. The number of carbonyl (C=O) groups is 2. The van der Waals surface area contributed by atoms with E-state index in [1.54, 1.807) is 0 Å². The molecule has 0 aliphatic carbocycles. The average molecular weight is 1120 g/mol. The molecule has 0 rings (SSSR count). The number of amides is 1. The molecule has 0 aromatic carbocycles. The van der Waals surface area contributed by atoms with Crippen LogP contribution in [0.2, 0.25) is 0 Å². The second-order valence-electron chi connectivity index (χ2n) is 22.5. The van der Waals surface area contributed by atoms with Gasteiger partial charge in [-0.3, -0.25) is 14.2 Å². The molecule has 0 aliphatic rings. The van der Waals surface area contributed by atoms with Crippen LogP contribution in [0.4, 0.5) is 0 Å². The van der Waals surface area contributed by atoms with Crippen LogP contribution in [0.1, 0.15) is 265 Å². The standard InChI is InChI=1S/C69H121N2O7P/c1-7-10-13-16-19-22-25-28-29-30-31-32-33-34-35-36-37-38-39-40-41-44-47-50-53-56-59-62-69(73)78-67(60-57-54-51-48-45-42-26-23-20-17-14-11-8-2)66(65-77-79(74,75)76-64-63-71(4,5)6)70-68(72)61-58-55-52-49-46-43-27-24-21-18-15-12-9-3/h10,13,19,22,28-29,31-32,34-35,37-38,43,46,52,55,57,60,66-67H,7-9,11-12,14-18,20-21,23-27,30,33,36,39-42,44-45,47-51,53-54,56,58-59,61-65H2,1-6H3,(H-,70,72,74,75)/b13-10-,22-19-,29-28-,32-31-,35-34-,38-37-,46-43-,55-52+,60-57-. The number of phosphoric ester groups is 1. The summed E-state index contributed by atoms with van der Waals surface area (Å²) in [7, 11) is 1.14. The van der Waals surface area contributed by atoms with Gasteiger partial charge in [-0.25, -0.2) is 0 Å². The van der Waals surface area contributed by atoms with E-state index < -0.39 is 26.6 Å². The number of nitrogens with one attached hydrogen (secondary N) is 1. The highest BCUT2D eigenvalue weighted by molar-refractivity contribution is 7.45. The summed E-state index contributed by atoms with van der Waals surface area (Å²) in [6.07, 6.45) is 79.4. The van der Waals surface area contributed by atoms with E-state index in [9.17, 15) is 19.0 Å². The Morgan fingerprint density at radius 1 is 0.456 bits per heavy atom. The van der Waals surface area contributed by atoms with Gasteiger partial charge in [-0.05, 0) is 102 Å².